The number of carbonyl (C=O) groups excluding carboxylic acids is 2. The predicted molar refractivity (Wildman–Crippen MR) is 167 cm³/mol. The lowest BCUT2D eigenvalue weighted by molar-refractivity contribution is -0.212. The van der Waals surface area contributed by atoms with Crippen molar-refractivity contribution in [2.75, 3.05) is 51.9 Å². The summed E-state index contributed by atoms with van der Waals surface area (Å²) in [7, 11) is 3.90. The third-order valence-electron chi connectivity index (χ3n) is 8.64. The number of aliphatic hydroxyl groups is 1. The molecule has 45 heavy (non-hydrogen) atoms. The van der Waals surface area contributed by atoms with Gasteiger partial charge in [-0.1, -0.05) is 36.4 Å². The summed E-state index contributed by atoms with van der Waals surface area (Å²) in [5.74, 6) is -1.36. The maximum Gasteiger partial charge on any atom is 0.246 e. The summed E-state index contributed by atoms with van der Waals surface area (Å²) >= 11 is 0. The van der Waals surface area contributed by atoms with Crippen LogP contribution in [0.3, 0.4) is 0 Å². The molecule has 2 fully saturated rings. The Hall–Kier alpha value is -3.70. The summed E-state index contributed by atoms with van der Waals surface area (Å²) in [5, 5.41) is 13.6. The van der Waals surface area contributed by atoms with Gasteiger partial charge in [0.25, 0.3) is 0 Å². The molecule has 3 aromatic rings. The second kappa shape index (κ2) is 14.6. The first-order valence-corrected chi connectivity index (χ1v) is 15.4. The maximum atomic E-state index is 13.7. The molecule has 5 rings (SSSR count). The van der Waals surface area contributed by atoms with Gasteiger partial charge >= 0.3 is 0 Å². The highest BCUT2D eigenvalue weighted by Gasteiger charge is 2.48. The molecule has 2 N–H and O–H groups in total. The zero-order chi connectivity index (χ0) is 32.0. The highest BCUT2D eigenvalue weighted by atomic mass is 19.1. The number of hydrogen-bond donors (Lipinski definition) is 2. The quantitative estimate of drug-likeness (QED) is 0.242. The zero-order valence-corrected chi connectivity index (χ0v) is 25.8. The normalized spacial score (nSPS) is 19.6. The van der Waals surface area contributed by atoms with Gasteiger partial charge in [-0.15, -0.1) is 0 Å². The number of ether oxygens (including phenoxy) is 2. The molecule has 0 aliphatic carbocycles. The Kier molecular flexibility index (Phi) is 10.6. The summed E-state index contributed by atoms with van der Waals surface area (Å²) < 4.78 is 38.5. The first kappa shape index (κ1) is 32.7. The largest absolute Gasteiger partial charge is 0.388 e. The van der Waals surface area contributed by atoms with Gasteiger partial charge in [-0.25, -0.2) is 8.78 Å². The van der Waals surface area contributed by atoms with Gasteiger partial charge in [0.15, 0.2) is 0 Å². The fourth-order valence-corrected chi connectivity index (χ4v) is 5.86. The van der Waals surface area contributed by atoms with Crippen LogP contribution in [0.2, 0.25) is 0 Å². The van der Waals surface area contributed by atoms with Gasteiger partial charge in [-0.2, -0.15) is 0 Å². The number of benzene rings is 3. The summed E-state index contributed by atoms with van der Waals surface area (Å²) in [6.45, 7) is 2.19. The molecule has 0 spiro atoms. The van der Waals surface area contributed by atoms with E-state index in [-0.39, 0.29) is 42.0 Å². The number of halogens is 2. The standard InChI is InChI=1S/C35H41F2N3O5/c1-39(2)20-19-38-32(42)21-45-35(22-44-23-35)18-17-24-3-5-26(6-4-24)33-30(15-16-31(41)25-7-9-27(36)10-8-25)34(43)40(33)29-13-11-28(37)12-14-29/h3-14,30-31,33,41H,15-23H2,1-2H3,(H,38,42)/t30-,31?,33?/m1/s1. The van der Waals surface area contributed by atoms with Gasteiger partial charge in [0.1, 0.15) is 23.8 Å². The van der Waals surface area contributed by atoms with Crippen molar-refractivity contribution in [2.24, 2.45) is 5.92 Å². The minimum atomic E-state index is -0.824. The fourth-order valence-electron chi connectivity index (χ4n) is 5.86. The van der Waals surface area contributed by atoms with Crippen LogP contribution in [-0.4, -0.2) is 74.4 Å². The first-order valence-electron chi connectivity index (χ1n) is 15.4. The van der Waals surface area contributed by atoms with E-state index in [4.69, 9.17) is 9.47 Å². The maximum absolute atomic E-state index is 13.7. The molecule has 2 unspecified atom stereocenters. The number of aryl methyl sites for hydroxylation is 1. The minimum absolute atomic E-state index is 0.0120. The molecular formula is C35H41F2N3O5. The average Bonchev–Trinajstić information content (AvgIpc) is 3.00. The van der Waals surface area contributed by atoms with Gasteiger partial charge in [-0.05, 0) is 92.9 Å². The topological polar surface area (TPSA) is 91.3 Å². The summed E-state index contributed by atoms with van der Waals surface area (Å²) in [6.07, 6.45) is 1.38. The molecule has 2 amide bonds. The van der Waals surface area contributed by atoms with Crippen LogP contribution in [0.15, 0.2) is 72.8 Å². The molecule has 0 saturated carbocycles. The van der Waals surface area contributed by atoms with E-state index in [1.807, 2.05) is 43.3 Å². The average molecular weight is 622 g/mol. The van der Waals surface area contributed by atoms with Crippen molar-refractivity contribution in [2.45, 2.75) is 43.4 Å². The van der Waals surface area contributed by atoms with E-state index < -0.39 is 11.7 Å². The van der Waals surface area contributed by atoms with Crippen LogP contribution in [0.25, 0.3) is 0 Å². The Morgan fingerprint density at radius 2 is 1.69 bits per heavy atom. The fraction of sp³-hybridized carbons (Fsp3) is 0.429. The first-order chi connectivity index (χ1) is 21.6. The van der Waals surface area contributed by atoms with Gasteiger partial charge in [-0.3, -0.25) is 9.59 Å². The summed E-state index contributed by atoms with van der Waals surface area (Å²) in [4.78, 5) is 29.3. The molecule has 0 bridgehead atoms. The van der Waals surface area contributed by atoms with Crippen LogP contribution in [0.4, 0.5) is 14.5 Å². The lowest BCUT2D eigenvalue weighted by Gasteiger charge is -2.48. The third kappa shape index (κ3) is 8.12. The number of anilines is 1. The van der Waals surface area contributed by atoms with Gasteiger partial charge < -0.3 is 29.7 Å². The van der Waals surface area contributed by atoms with E-state index in [1.54, 1.807) is 29.2 Å². The number of β-lactam (4-membered cyclic amide) rings is 1. The van der Waals surface area contributed by atoms with Crippen LogP contribution in [0.5, 0.6) is 0 Å². The number of likely N-dealkylation sites (N-methyl/N-ethyl adjacent to an activating group) is 1. The molecule has 2 aliphatic rings. The van der Waals surface area contributed by atoms with Crippen molar-refractivity contribution in [3.63, 3.8) is 0 Å². The highest BCUT2D eigenvalue weighted by Crippen LogP contribution is 2.46. The van der Waals surface area contributed by atoms with Gasteiger partial charge in [0.05, 0.1) is 31.3 Å². The molecule has 8 nitrogen and oxygen atoms in total. The number of carbonyl (C=O) groups is 2. The van der Waals surface area contributed by atoms with Crippen LogP contribution in [0, 0.1) is 17.6 Å². The predicted octanol–water partition coefficient (Wildman–Crippen LogP) is 4.58. The summed E-state index contributed by atoms with van der Waals surface area (Å²) in [6, 6.07) is 19.4. The molecule has 3 aromatic carbocycles. The van der Waals surface area contributed by atoms with Crippen LogP contribution < -0.4 is 10.2 Å². The van der Waals surface area contributed by atoms with E-state index in [2.05, 4.69) is 5.32 Å². The van der Waals surface area contributed by atoms with E-state index in [0.717, 1.165) is 24.1 Å². The van der Waals surface area contributed by atoms with Crippen LogP contribution in [0.1, 0.15) is 48.1 Å². The van der Waals surface area contributed by atoms with E-state index >= 15 is 0 Å². The monoisotopic (exact) mass is 621 g/mol. The SMILES string of the molecule is CN(C)CCNC(=O)COC1(CCc2ccc(C3[C@@H](CCC(O)c4ccc(F)cc4)C(=O)N3c3ccc(F)cc3)cc2)COC1. The van der Waals surface area contributed by atoms with Crippen molar-refractivity contribution in [3.8, 4) is 0 Å². The molecule has 0 aromatic heterocycles. The Morgan fingerprint density at radius 3 is 2.29 bits per heavy atom. The van der Waals surface area contributed by atoms with Crippen LogP contribution in [-0.2, 0) is 25.5 Å². The lowest BCUT2D eigenvalue weighted by atomic mass is 9.78. The van der Waals surface area contributed by atoms with E-state index in [0.29, 0.717) is 50.3 Å². The molecule has 2 saturated heterocycles. The number of hydrogen-bond acceptors (Lipinski definition) is 6. The van der Waals surface area contributed by atoms with Crippen molar-refractivity contribution in [3.05, 3.63) is 101 Å². The van der Waals surface area contributed by atoms with Crippen molar-refractivity contribution in [1.29, 1.82) is 0 Å². The zero-order valence-electron chi connectivity index (χ0n) is 25.8. The number of aliphatic hydroxyl groups excluding tert-OH is 1. The highest BCUT2D eigenvalue weighted by molar-refractivity contribution is 6.03. The molecule has 2 aliphatic heterocycles. The Balaban J connectivity index is 1.22. The Morgan fingerprint density at radius 1 is 1.04 bits per heavy atom. The molecule has 240 valence electrons. The second-order valence-electron chi connectivity index (χ2n) is 12.2. The van der Waals surface area contributed by atoms with Crippen molar-refractivity contribution >= 4 is 17.5 Å². The molecule has 0 radical (unpaired) electrons. The lowest BCUT2D eigenvalue weighted by Crippen LogP contribution is -2.55. The van der Waals surface area contributed by atoms with Crippen molar-refractivity contribution in [1.82, 2.24) is 10.2 Å². The minimum Gasteiger partial charge on any atom is -0.388 e. The van der Waals surface area contributed by atoms with Gasteiger partial charge in [0, 0.05) is 18.8 Å². The number of rotatable bonds is 15. The number of amides is 2. The van der Waals surface area contributed by atoms with E-state index in [9.17, 15) is 23.5 Å². The van der Waals surface area contributed by atoms with E-state index in [1.165, 1.54) is 24.3 Å². The smallest absolute Gasteiger partial charge is 0.246 e. The Bertz CT molecular complexity index is 1430. The number of nitrogens with one attached hydrogen (secondary N) is 1. The third-order valence-corrected chi connectivity index (χ3v) is 8.64. The summed E-state index contributed by atoms with van der Waals surface area (Å²) in [5.41, 5.74) is 2.75. The second-order valence-corrected chi connectivity index (χ2v) is 12.2. The molecule has 2 heterocycles. The number of nitrogens with zero attached hydrogens (tertiary/aromatic N) is 2. The Labute approximate surface area is 262 Å². The van der Waals surface area contributed by atoms with Crippen molar-refractivity contribution < 1.29 is 33.0 Å². The molecule has 3 atom stereocenters. The van der Waals surface area contributed by atoms with Crippen LogP contribution >= 0.6 is 0 Å². The molecular weight excluding hydrogens is 580 g/mol. The molecule has 10 heteroatoms. The van der Waals surface area contributed by atoms with Gasteiger partial charge in [0.2, 0.25) is 11.8 Å².